The molecule has 124 valence electrons. The molecule has 0 unspecified atom stereocenters. The van der Waals surface area contributed by atoms with Gasteiger partial charge in [0.25, 0.3) is 0 Å². The van der Waals surface area contributed by atoms with Gasteiger partial charge in [0, 0.05) is 36.0 Å². The minimum atomic E-state index is -0.425. The van der Waals surface area contributed by atoms with E-state index in [-0.39, 0.29) is 30.4 Å². The number of ketones is 1. The molecule has 0 heterocycles. The highest BCUT2D eigenvalue weighted by atomic mass is 16.3. The molecule has 0 spiro atoms. The van der Waals surface area contributed by atoms with E-state index in [2.05, 4.69) is 5.32 Å². The molecule has 0 aliphatic carbocycles. The Morgan fingerprint density at radius 1 is 1.17 bits per heavy atom. The number of anilines is 1. The van der Waals surface area contributed by atoms with Gasteiger partial charge in [-0.1, -0.05) is 0 Å². The zero-order chi connectivity index (χ0) is 17.4. The van der Waals surface area contributed by atoms with E-state index >= 15 is 0 Å². The maximum Gasteiger partial charge on any atom is 0.249 e. The molecule has 0 aliphatic rings. The lowest BCUT2D eigenvalue weighted by Gasteiger charge is -2.19. The first-order valence-electron chi connectivity index (χ1n) is 7.39. The van der Waals surface area contributed by atoms with Crippen LogP contribution < -0.4 is 5.32 Å². The summed E-state index contributed by atoms with van der Waals surface area (Å²) < 4.78 is 0. The number of carbonyl (C=O) groups excluding carboxylic acids is 3. The first kappa shape index (κ1) is 18.6. The maximum absolute atomic E-state index is 12.1. The van der Waals surface area contributed by atoms with Crippen LogP contribution in [0.4, 0.5) is 5.69 Å². The first-order valence-corrected chi connectivity index (χ1v) is 7.39. The summed E-state index contributed by atoms with van der Waals surface area (Å²) in [6, 6.07) is 6.51. The Kier molecular flexibility index (Phi) is 7.15. The fraction of sp³-hybridized carbons (Fsp3) is 0.353. The van der Waals surface area contributed by atoms with Gasteiger partial charge < -0.3 is 15.3 Å². The van der Waals surface area contributed by atoms with Crippen molar-refractivity contribution < 1.29 is 19.5 Å². The molecule has 0 radical (unpaired) electrons. The number of rotatable bonds is 7. The van der Waals surface area contributed by atoms with Gasteiger partial charge in [-0.15, -0.1) is 0 Å². The van der Waals surface area contributed by atoms with Crippen LogP contribution in [0.3, 0.4) is 0 Å². The van der Waals surface area contributed by atoms with Gasteiger partial charge in [0.1, 0.15) is 0 Å². The van der Waals surface area contributed by atoms with Gasteiger partial charge >= 0.3 is 0 Å². The van der Waals surface area contributed by atoms with Gasteiger partial charge in [-0.2, -0.15) is 0 Å². The Morgan fingerprint density at radius 2 is 1.78 bits per heavy atom. The number of Topliss-reactive ketones (excluding diaryl/α,β-unsaturated/α-hetero) is 1. The summed E-state index contributed by atoms with van der Waals surface area (Å²) in [7, 11) is 0. The molecule has 1 aromatic rings. The van der Waals surface area contributed by atoms with Crippen LogP contribution in [-0.2, 0) is 9.59 Å². The number of benzene rings is 1. The van der Waals surface area contributed by atoms with Gasteiger partial charge in [0.05, 0.1) is 6.61 Å². The van der Waals surface area contributed by atoms with Crippen LogP contribution in [-0.4, -0.2) is 47.3 Å². The fourth-order valence-corrected chi connectivity index (χ4v) is 2.00. The van der Waals surface area contributed by atoms with Gasteiger partial charge in [-0.05, 0) is 45.0 Å². The SMILES string of the molecule is CCN(CCO)C(=O)/C(C)=C\C(=O)Nc1ccc(C(C)=O)cc1. The normalized spacial score (nSPS) is 11.0. The largest absolute Gasteiger partial charge is 0.395 e. The minimum Gasteiger partial charge on any atom is -0.395 e. The van der Waals surface area contributed by atoms with Crippen molar-refractivity contribution in [2.75, 3.05) is 25.0 Å². The summed E-state index contributed by atoms with van der Waals surface area (Å²) in [5, 5.41) is 11.6. The molecule has 0 saturated heterocycles. The van der Waals surface area contributed by atoms with E-state index in [1.165, 1.54) is 17.9 Å². The monoisotopic (exact) mass is 318 g/mol. The Bertz CT molecular complexity index is 606. The van der Waals surface area contributed by atoms with Crippen LogP contribution in [0.25, 0.3) is 0 Å². The predicted octanol–water partition coefficient (Wildman–Crippen LogP) is 1.61. The quantitative estimate of drug-likeness (QED) is 0.591. The molecule has 0 fully saturated rings. The van der Waals surface area contributed by atoms with Crippen molar-refractivity contribution in [2.24, 2.45) is 0 Å². The third kappa shape index (κ3) is 5.67. The zero-order valence-corrected chi connectivity index (χ0v) is 13.6. The van der Waals surface area contributed by atoms with Crippen LogP contribution in [0.2, 0.25) is 0 Å². The van der Waals surface area contributed by atoms with Crippen molar-refractivity contribution in [2.45, 2.75) is 20.8 Å². The lowest BCUT2D eigenvalue weighted by molar-refractivity contribution is -0.127. The molecule has 0 atom stereocenters. The van der Waals surface area contributed by atoms with Gasteiger partial charge in [-0.25, -0.2) is 0 Å². The molecule has 1 aromatic carbocycles. The average molecular weight is 318 g/mol. The van der Waals surface area contributed by atoms with Gasteiger partial charge in [-0.3, -0.25) is 14.4 Å². The van der Waals surface area contributed by atoms with Crippen molar-refractivity contribution in [1.29, 1.82) is 0 Å². The highest BCUT2D eigenvalue weighted by Gasteiger charge is 2.14. The summed E-state index contributed by atoms with van der Waals surface area (Å²) >= 11 is 0. The molecule has 0 bridgehead atoms. The number of aliphatic hydroxyl groups is 1. The molecule has 2 N–H and O–H groups in total. The number of aliphatic hydroxyl groups excluding tert-OH is 1. The third-order valence-electron chi connectivity index (χ3n) is 3.28. The number of nitrogens with zero attached hydrogens (tertiary/aromatic N) is 1. The molecule has 0 aromatic heterocycles. The van der Waals surface area contributed by atoms with E-state index in [0.717, 1.165) is 0 Å². The van der Waals surface area contributed by atoms with Crippen molar-refractivity contribution in [1.82, 2.24) is 4.90 Å². The summed E-state index contributed by atoms with van der Waals surface area (Å²) in [5.74, 6) is -0.761. The second-order valence-corrected chi connectivity index (χ2v) is 5.06. The highest BCUT2D eigenvalue weighted by Crippen LogP contribution is 2.10. The van der Waals surface area contributed by atoms with Crippen LogP contribution >= 0.6 is 0 Å². The standard InChI is InChI=1S/C17H22N2O4/c1-4-19(9-10-20)17(23)12(2)11-16(22)18-15-7-5-14(6-8-15)13(3)21/h5-8,11,20H,4,9-10H2,1-3H3,(H,18,22)/b12-11-. The predicted molar refractivity (Wildman–Crippen MR) is 88.2 cm³/mol. The van der Waals surface area contributed by atoms with E-state index in [1.54, 1.807) is 38.1 Å². The van der Waals surface area contributed by atoms with Crippen molar-refractivity contribution in [3.63, 3.8) is 0 Å². The Labute approximate surface area is 135 Å². The zero-order valence-electron chi connectivity index (χ0n) is 13.6. The number of carbonyl (C=O) groups is 3. The molecule has 1 rings (SSSR count). The third-order valence-corrected chi connectivity index (χ3v) is 3.28. The topological polar surface area (TPSA) is 86.7 Å². The van der Waals surface area contributed by atoms with E-state index in [1.807, 2.05) is 0 Å². The maximum atomic E-state index is 12.1. The van der Waals surface area contributed by atoms with Gasteiger partial charge in [0.2, 0.25) is 11.8 Å². The number of hydrogen-bond acceptors (Lipinski definition) is 4. The summed E-state index contributed by atoms with van der Waals surface area (Å²) in [6.45, 7) is 5.39. The Morgan fingerprint density at radius 3 is 2.26 bits per heavy atom. The Hall–Kier alpha value is -2.47. The van der Waals surface area contributed by atoms with Crippen molar-refractivity contribution >= 4 is 23.3 Å². The lowest BCUT2D eigenvalue weighted by atomic mass is 10.1. The lowest BCUT2D eigenvalue weighted by Crippen LogP contribution is -2.34. The van der Waals surface area contributed by atoms with Crippen LogP contribution in [0.5, 0.6) is 0 Å². The fourth-order valence-electron chi connectivity index (χ4n) is 2.00. The molecule has 0 saturated carbocycles. The number of likely N-dealkylation sites (N-methyl/N-ethyl adjacent to an activating group) is 1. The molecule has 23 heavy (non-hydrogen) atoms. The van der Waals surface area contributed by atoms with E-state index < -0.39 is 5.91 Å². The van der Waals surface area contributed by atoms with Crippen molar-refractivity contribution in [3.05, 3.63) is 41.5 Å². The van der Waals surface area contributed by atoms with Crippen LogP contribution in [0.15, 0.2) is 35.9 Å². The second kappa shape index (κ2) is 8.85. The van der Waals surface area contributed by atoms with Gasteiger partial charge in [0.15, 0.2) is 5.78 Å². The summed E-state index contributed by atoms with van der Waals surface area (Å²) in [4.78, 5) is 36.7. The van der Waals surface area contributed by atoms with E-state index in [0.29, 0.717) is 17.8 Å². The number of nitrogens with one attached hydrogen (secondary N) is 1. The van der Waals surface area contributed by atoms with Crippen LogP contribution in [0, 0.1) is 0 Å². The molecule has 6 heteroatoms. The first-order chi connectivity index (χ1) is 10.9. The molecular weight excluding hydrogens is 296 g/mol. The van der Waals surface area contributed by atoms with E-state index in [4.69, 9.17) is 5.11 Å². The minimum absolute atomic E-state index is 0.0484. The number of hydrogen-bond donors (Lipinski definition) is 2. The molecule has 6 nitrogen and oxygen atoms in total. The van der Waals surface area contributed by atoms with Crippen LogP contribution in [0.1, 0.15) is 31.1 Å². The number of amides is 2. The van der Waals surface area contributed by atoms with E-state index in [9.17, 15) is 14.4 Å². The smallest absolute Gasteiger partial charge is 0.249 e. The average Bonchev–Trinajstić information content (AvgIpc) is 2.52. The molecular formula is C17H22N2O4. The summed E-state index contributed by atoms with van der Waals surface area (Å²) in [6.07, 6.45) is 1.22. The van der Waals surface area contributed by atoms with Crippen molar-refractivity contribution in [3.8, 4) is 0 Å². The Balaban J connectivity index is 2.73. The second-order valence-electron chi connectivity index (χ2n) is 5.06. The molecule has 0 aliphatic heterocycles. The highest BCUT2D eigenvalue weighted by molar-refractivity contribution is 6.06. The summed E-state index contributed by atoms with van der Waals surface area (Å²) in [5.41, 5.74) is 1.39. The molecule has 2 amide bonds.